The van der Waals surface area contributed by atoms with E-state index in [0.29, 0.717) is 0 Å². The lowest BCUT2D eigenvalue weighted by molar-refractivity contribution is 1.49. The summed E-state index contributed by atoms with van der Waals surface area (Å²) in [4.78, 5) is 0. The average Bonchev–Trinajstić information content (AvgIpc) is 3.10. The van der Waals surface area contributed by atoms with E-state index >= 15 is 0 Å². The topological polar surface area (TPSA) is 0 Å². The van der Waals surface area contributed by atoms with E-state index in [9.17, 15) is 0 Å². The first-order valence-electron chi connectivity index (χ1n) is 14.9. The van der Waals surface area contributed by atoms with Crippen LogP contribution in [0.5, 0.6) is 0 Å². The molecule has 0 unspecified atom stereocenters. The van der Waals surface area contributed by atoms with Crippen molar-refractivity contribution in [3.8, 4) is 66.8 Å². The third kappa shape index (κ3) is 6.24. The van der Waals surface area contributed by atoms with Crippen LogP contribution < -0.4 is 0 Å². The van der Waals surface area contributed by atoms with E-state index < -0.39 is 0 Å². The first kappa shape index (κ1) is 31.1. The highest BCUT2D eigenvalue weighted by Crippen LogP contribution is 2.47. The predicted molar refractivity (Wildman–Crippen MR) is 210 cm³/mol. The van der Waals surface area contributed by atoms with Crippen LogP contribution in [0.25, 0.3) is 66.8 Å². The van der Waals surface area contributed by atoms with E-state index in [1.165, 1.54) is 44.5 Å². The van der Waals surface area contributed by atoms with E-state index in [2.05, 4.69) is 221 Å². The molecule has 0 nitrogen and oxygen atoms in total. The zero-order valence-corrected chi connectivity index (χ0v) is 30.9. The molecule has 0 atom stereocenters. The minimum atomic E-state index is 1.01. The molecule has 0 bridgehead atoms. The van der Waals surface area contributed by atoms with Gasteiger partial charge >= 0.3 is 0 Å². The number of hydrogen-bond donors (Lipinski definition) is 0. The van der Waals surface area contributed by atoms with Crippen molar-refractivity contribution in [1.29, 1.82) is 0 Å². The molecule has 0 aromatic heterocycles. The summed E-state index contributed by atoms with van der Waals surface area (Å²) in [5.41, 5.74) is 13.9. The average molecular weight is 850 g/mol. The van der Waals surface area contributed by atoms with E-state index in [1.807, 2.05) is 0 Å². The highest BCUT2D eigenvalue weighted by atomic mass is 79.9. The summed E-state index contributed by atoms with van der Waals surface area (Å²) >= 11 is 15.8. The van der Waals surface area contributed by atoms with Gasteiger partial charge in [-0.2, -0.15) is 0 Å². The first-order chi connectivity index (χ1) is 22.5. The van der Waals surface area contributed by atoms with Gasteiger partial charge in [0.15, 0.2) is 0 Å². The highest BCUT2D eigenvalue weighted by Gasteiger charge is 2.19. The monoisotopic (exact) mass is 846 g/mol. The van der Waals surface area contributed by atoms with Crippen LogP contribution in [-0.4, -0.2) is 0 Å². The quantitative estimate of drug-likeness (QED) is 0.156. The van der Waals surface area contributed by atoms with Crippen molar-refractivity contribution >= 4 is 63.7 Å². The third-order valence-corrected chi connectivity index (χ3v) is 10.8. The molecular weight excluding hydrogens is 824 g/mol. The largest absolute Gasteiger partial charge is 0.0622 e. The van der Waals surface area contributed by atoms with Crippen LogP contribution in [0, 0.1) is 0 Å². The zero-order valence-electron chi connectivity index (χ0n) is 24.5. The lowest BCUT2D eigenvalue weighted by Gasteiger charge is -2.19. The summed E-state index contributed by atoms with van der Waals surface area (Å²) in [7, 11) is 0. The molecule has 0 N–H and O–H groups in total. The number of halogens is 4. The van der Waals surface area contributed by atoms with Gasteiger partial charge in [0.1, 0.15) is 0 Å². The van der Waals surface area contributed by atoms with Gasteiger partial charge in [0.05, 0.1) is 0 Å². The van der Waals surface area contributed by atoms with Crippen molar-refractivity contribution < 1.29 is 0 Å². The Hall–Kier alpha value is -3.54. The number of benzene rings is 7. The van der Waals surface area contributed by atoms with Crippen LogP contribution in [0.1, 0.15) is 0 Å². The summed E-state index contributed by atoms with van der Waals surface area (Å²) in [6.45, 7) is 0. The molecule has 0 amide bonds. The van der Waals surface area contributed by atoms with Crippen LogP contribution in [0.2, 0.25) is 0 Å². The Morgan fingerprint density at radius 2 is 0.413 bits per heavy atom. The summed E-state index contributed by atoms with van der Waals surface area (Å²) in [5, 5.41) is 0. The Morgan fingerprint density at radius 1 is 0.217 bits per heavy atom. The molecule has 7 aromatic rings. The highest BCUT2D eigenvalue weighted by molar-refractivity contribution is 9.11. The second kappa shape index (κ2) is 13.7. The predicted octanol–water partition coefficient (Wildman–Crippen LogP) is 14.7. The molecule has 4 heteroatoms. The Morgan fingerprint density at radius 3 is 0.674 bits per heavy atom. The molecular formula is C42H26Br4. The Labute approximate surface area is 303 Å². The summed E-state index contributed by atoms with van der Waals surface area (Å²) in [6.07, 6.45) is 0. The second-order valence-electron chi connectivity index (χ2n) is 11.0. The van der Waals surface area contributed by atoms with Gasteiger partial charge in [0, 0.05) is 17.9 Å². The molecule has 0 saturated heterocycles. The zero-order chi connectivity index (χ0) is 31.6. The molecule has 0 aliphatic rings. The van der Waals surface area contributed by atoms with Crippen molar-refractivity contribution in [1.82, 2.24) is 0 Å². The van der Waals surface area contributed by atoms with E-state index in [1.54, 1.807) is 0 Å². The summed E-state index contributed by atoms with van der Waals surface area (Å²) < 4.78 is 4.09. The maximum Gasteiger partial charge on any atom is 0.0261 e. The maximum atomic E-state index is 3.98. The van der Waals surface area contributed by atoms with Gasteiger partial charge in [-0.15, -0.1) is 0 Å². The van der Waals surface area contributed by atoms with Gasteiger partial charge in [-0.05, 0) is 103 Å². The fourth-order valence-corrected chi connectivity index (χ4v) is 8.17. The standard InChI is InChI=1S/C42H26Br4/c43-39-23-33(29-17-9-3-10-18-29)31(27-13-5-1-6-14-27)21-35(39)37-25-42(46)38(26-41(37)45)36-22-32(28-15-7-2-8-16-28)34(24-40(36)44)30-19-11-4-12-20-30/h1-26H. The van der Waals surface area contributed by atoms with E-state index in [-0.39, 0.29) is 0 Å². The van der Waals surface area contributed by atoms with Crippen molar-refractivity contribution in [2.75, 3.05) is 0 Å². The van der Waals surface area contributed by atoms with Crippen molar-refractivity contribution in [3.05, 3.63) is 176 Å². The maximum absolute atomic E-state index is 3.98. The van der Waals surface area contributed by atoms with Gasteiger partial charge in [-0.1, -0.05) is 185 Å². The van der Waals surface area contributed by atoms with Gasteiger partial charge < -0.3 is 0 Å². The Kier molecular flexibility index (Phi) is 9.24. The Balaban J connectivity index is 1.38. The Bertz CT molecular complexity index is 2000. The minimum absolute atomic E-state index is 1.01. The minimum Gasteiger partial charge on any atom is -0.0622 e. The van der Waals surface area contributed by atoms with Crippen LogP contribution in [0.15, 0.2) is 176 Å². The molecule has 0 spiro atoms. The van der Waals surface area contributed by atoms with Crippen LogP contribution in [-0.2, 0) is 0 Å². The molecule has 0 heterocycles. The molecule has 7 aromatic carbocycles. The molecule has 46 heavy (non-hydrogen) atoms. The number of rotatable bonds is 6. The lowest BCUT2D eigenvalue weighted by atomic mass is 9.89. The van der Waals surface area contributed by atoms with Gasteiger partial charge in [-0.25, -0.2) is 0 Å². The SMILES string of the molecule is Brc1cc(-c2cc(-c3ccccc3)c(-c3ccccc3)cc2Br)c(Br)cc1-c1cc(-c2ccccc2)c(-c2ccccc2)cc1Br. The normalized spacial score (nSPS) is 11.0. The second-order valence-corrected chi connectivity index (χ2v) is 14.4. The van der Waals surface area contributed by atoms with E-state index in [0.717, 1.165) is 40.1 Å². The summed E-state index contributed by atoms with van der Waals surface area (Å²) in [5.74, 6) is 0. The van der Waals surface area contributed by atoms with Crippen LogP contribution in [0.3, 0.4) is 0 Å². The first-order valence-corrected chi connectivity index (χ1v) is 18.0. The van der Waals surface area contributed by atoms with Gasteiger partial charge in [0.25, 0.3) is 0 Å². The molecule has 7 rings (SSSR count). The van der Waals surface area contributed by atoms with Crippen LogP contribution in [0.4, 0.5) is 0 Å². The number of hydrogen-bond acceptors (Lipinski definition) is 0. The molecule has 0 saturated carbocycles. The molecule has 0 aliphatic heterocycles. The van der Waals surface area contributed by atoms with Crippen molar-refractivity contribution in [2.45, 2.75) is 0 Å². The summed E-state index contributed by atoms with van der Waals surface area (Å²) in [6, 6.07) is 55.9. The van der Waals surface area contributed by atoms with Crippen molar-refractivity contribution in [3.63, 3.8) is 0 Å². The lowest BCUT2D eigenvalue weighted by Crippen LogP contribution is -1.93. The van der Waals surface area contributed by atoms with Crippen LogP contribution >= 0.6 is 63.7 Å². The van der Waals surface area contributed by atoms with E-state index in [4.69, 9.17) is 0 Å². The molecule has 0 aliphatic carbocycles. The fourth-order valence-electron chi connectivity index (χ4n) is 5.95. The smallest absolute Gasteiger partial charge is 0.0261 e. The molecule has 0 radical (unpaired) electrons. The molecule has 0 fully saturated rings. The fraction of sp³-hybridized carbons (Fsp3) is 0. The van der Waals surface area contributed by atoms with Gasteiger partial charge in [0.2, 0.25) is 0 Å². The third-order valence-electron chi connectivity index (χ3n) is 8.19. The molecule has 222 valence electrons. The van der Waals surface area contributed by atoms with Crippen molar-refractivity contribution in [2.24, 2.45) is 0 Å². The van der Waals surface area contributed by atoms with Gasteiger partial charge in [-0.3, -0.25) is 0 Å².